The minimum Gasteiger partial charge on any atom is -0.481 e. The largest absolute Gasteiger partial charge is 0.481 e. The highest BCUT2D eigenvalue weighted by Crippen LogP contribution is 2.27. The molecule has 0 spiro atoms. The predicted octanol–water partition coefficient (Wildman–Crippen LogP) is 2.79. The monoisotopic (exact) mass is 246 g/mol. The van der Waals surface area contributed by atoms with Crippen LogP contribution >= 0.6 is 11.8 Å². The molecule has 1 aliphatic heterocycles. The Morgan fingerprint density at radius 3 is 2.62 bits per heavy atom. The maximum absolute atomic E-state index is 10.9. The van der Waals surface area contributed by atoms with Crippen LogP contribution in [0.25, 0.3) is 0 Å². The molecule has 1 fully saturated rings. The highest BCUT2D eigenvalue weighted by atomic mass is 32.2. The van der Waals surface area contributed by atoms with Gasteiger partial charge in [0.05, 0.1) is 5.41 Å². The molecule has 0 amide bonds. The minimum absolute atomic E-state index is 0.573. The second kappa shape index (κ2) is 6.50. The average Bonchev–Trinajstić information content (AvgIpc) is 2.26. The molecule has 0 bridgehead atoms. The van der Waals surface area contributed by atoms with E-state index in [0.717, 1.165) is 49.9 Å². The van der Waals surface area contributed by atoms with Crippen molar-refractivity contribution in [1.82, 2.24) is 0 Å². The van der Waals surface area contributed by atoms with Crippen molar-refractivity contribution in [2.45, 2.75) is 44.8 Å². The van der Waals surface area contributed by atoms with E-state index in [-0.39, 0.29) is 0 Å². The van der Waals surface area contributed by atoms with Gasteiger partial charge < -0.3 is 9.84 Å². The number of hydrogen-bond acceptors (Lipinski definition) is 3. The summed E-state index contributed by atoms with van der Waals surface area (Å²) in [7, 11) is 0. The first kappa shape index (κ1) is 13.8. The van der Waals surface area contributed by atoms with Crippen LogP contribution in [0, 0.1) is 5.41 Å². The molecular formula is C12H22O3S. The summed E-state index contributed by atoms with van der Waals surface area (Å²) in [5.41, 5.74) is -0.573. The molecule has 1 heterocycles. The van der Waals surface area contributed by atoms with Crippen molar-refractivity contribution in [3.8, 4) is 0 Å². The van der Waals surface area contributed by atoms with E-state index < -0.39 is 11.4 Å². The Bertz CT molecular complexity index is 222. The van der Waals surface area contributed by atoms with Gasteiger partial charge in [-0.3, -0.25) is 4.79 Å². The lowest BCUT2D eigenvalue weighted by Crippen LogP contribution is -2.24. The molecule has 16 heavy (non-hydrogen) atoms. The van der Waals surface area contributed by atoms with E-state index in [2.05, 4.69) is 0 Å². The summed E-state index contributed by atoms with van der Waals surface area (Å²) < 4.78 is 5.30. The normalized spacial score (nSPS) is 18.6. The van der Waals surface area contributed by atoms with Crippen LogP contribution in [0.4, 0.5) is 0 Å². The van der Waals surface area contributed by atoms with E-state index >= 15 is 0 Å². The van der Waals surface area contributed by atoms with Gasteiger partial charge in [0.25, 0.3) is 0 Å². The number of carboxylic acids is 1. The maximum Gasteiger partial charge on any atom is 0.309 e. The van der Waals surface area contributed by atoms with Gasteiger partial charge in [0.15, 0.2) is 0 Å². The smallest absolute Gasteiger partial charge is 0.309 e. The van der Waals surface area contributed by atoms with E-state index in [0.29, 0.717) is 0 Å². The molecule has 0 aromatic heterocycles. The number of hydrogen-bond donors (Lipinski definition) is 1. The van der Waals surface area contributed by atoms with Crippen molar-refractivity contribution in [3.63, 3.8) is 0 Å². The Balaban J connectivity index is 2.09. The number of ether oxygens (including phenoxy) is 1. The molecule has 1 saturated heterocycles. The SMILES string of the molecule is CC(C)(CCCSC1CCOCC1)C(=O)O. The lowest BCUT2D eigenvalue weighted by atomic mass is 9.88. The maximum atomic E-state index is 10.9. The predicted molar refractivity (Wildman–Crippen MR) is 66.9 cm³/mol. The Morgan fingerprint density at radius 2 is 2.06 bits per heavy atom. The lowest BCUT2D eigenvalue weighted by molar-refractivity contribution is -0.147. The molecule has 3 nitrogen and oxygen atoms in total. The number of carbonyl (C=O) groups is 1. The molecule has 0 radical (unpaired) electrons. The van der Waals surface area contributed by atoms with Gasteiger partial charge in [-0.25, -0.2) is 0 Å². The van der Waals surface area contributed by atoms with Crippen LogP contribution in [0.15, 0.2) is 0 Å². The van der Waals surface area contributed by atoms with Gasteiger partial charge in [0.1, 0.15) is 0 Å². The average molecular weight is 246 g/mol. The second-order valence-electron chi connectivity index (χ2n) is 4.98. The highest BCUT2D eigenvalue weighted by molar-refractivity contribution is 7.99. The van der Waals surface area contributed by atoms with Crippen molar-refractivity contribution in [3.05, 3.63) is 0 Å². The third kappa shape index (κ3) is 4.74. The molecule has 0 aromatic rings. The zero-order valence-corrected chi connectivity index (χ0v) is 11.0. The topological polar surface area (TPSA) is 46.5 Å². The molecule has 0 unspecified atom stereocenters. The number of rotatable bonds is 6. The van der Waals surface area contributed by atoms with Crippen molar-refractivity contribution < 1.29 is 14.6 Å². The van der Waals surface area contributed by atoms with Crippen LogP contribution in [0.5, 0.6) is 0 Å². The summed E-state index contributed by atoms with van der Waals surface area (Å²) in [5, 5.41) is 9.69. The summed E-state index contributed by atoms with van der Waals surface area (Å²) in [5.74, 6) is 0.380. The molecule has 94 valence electrons. The molecular weight excluding hydrogens is 224 g/mol. The van der Waals surface area contributed by atoms with Gasteiger partial charge in [-0.2, -0.15) is 11.8 Å². The van der Waals surface area contributed by atoms with Gasteiger partial charge in [-0.15, -0.1) is 0 Å². The number of aliphatic carboxylic acids is 1. The fraction of sp³-hybridized carbons (Fsp3) is 0.917. The quantitative estimate of drug-likeness (QED) is 0.732. The molecule has 1 rings (SSSR count). The first-order valence-corrected chi connectivity index (χ1v) is 7.00. The lowest BCUT2D eigenvalue weighted by Gasteiger charge is -2.22. The van der Waals surface area contributed by atoms with Crippen LogP contribution < -0.4 is 0 Å². The van der Waals surface area contributed by atoms with E-state index in [4.69, 9.17) is 9.84 Å². The third-order valence-corrected chi connectivity index (χ3v) is 4.51. The van der Waals surface area contributed by atoms with E-state index in [1.54, 1.807) is 13.8 Å². The first-order chi connectivity index (χ1) is 7.52. The van der Waals surface area contributed by atoms with Gasteiger partial charge in [-0.05, 0) is 45.3 Å². The Morgan fingerprint density at radius 1 is 1.44 bits per heavy atom. The number of thioether (sulfide) groups is 1. The third-order valence-electron chi connectivity index (χ3n) is 3.05. The summed E-state index contributed by atoms with van der Waals surface area (Å²) in [4.78, 5) is 10.9. The van der Waals surface area contributed by atoms with E-state index in [1.165, 1.54) is 0 Å². The van der Waals surface area contributed by atoms with E-state index in [1.807, 2.05) is 11.8 Å². The van der Waals surface area contributed by atoms with Crippen LogP contribution in [-0.2, 0) is 9.53 Å². The molecule has 1 N–H and O–H groups in total. The molecule has 1 aliphatic rings. The molecule has 0 aliphatic carbocycles. The molecule has 0 saturated carbocycles. The summed E-state index contributed by atoms with van der Waals surface area (Å²) in [6.07, 6.45) is 4.04. The van der Waals surface area contributed by atoms with Crippen LogP contribution in [0.1, 0.15) is 39.5 Å². The van der Waals surface area contributed by atoms with Crippen LogP contribution in [0.2, 0.25) is 0 Å². The molecule has 0 atom stereocenters. The Hall–Kier alpha value is -0.220. The molecule has 4 heteroatoms. The Labute approximate surface area is 102 Å². The zero-order chi connectivity index (χ0) is 12.0. The highest BCUT2D eigenvalue weighted by Gasteiger charge is 2.26. The second-order valence-corrected chi connectivity index (χ2v) is 6.38. The zero-order valence-electron chi connectivity index (χ0n) is 10.2. The van der Waals surface area contributed by atoms with Gasteiger partial charge in [0.2, 0.25) is 0 Å². The fourth-order valence-corrected chi connectivity index (χ4v) is 2.88. The van der Waals surface area contributed by atoms with Crippen molar-refractivity contribution >= 4 is 17.7 Å². The van der Waals surface area contributed by atoms with Crippen molar-refractivity contribution in [2.24, 2.45) is 5.41 Å². The molecule has 0 aromatic carbocycles. The Kier molecular flexibility index (Phi) is 5.62. The summed E-state index contributed by atoms with van der Waals surface area (Å²) >= 11 is 1.98. The van der Waals surface area contributed by atoms with Gasteiger partial charge in [0, 0.05) is 18.5 Å². The summed E-state index contributed by atoms with van der Waals surface area (Å²) in [6.45, 7) is 5.37. The fourth-order valence-electron chi connectivity index (χ4n) is 1.71. The first-order valence-electron chi connectivity index (χ1n) is 5.95. The summed E-state index contributed by atoms with van der Waals surface area (Å²) in [6, 6.07) is 0. The standard InChI is InChI=1S/C12H22O3S/c1-12(2,11(13)14)6-3-9-16-10-4-7-15-8-5-10/h10H,3-9H2,1-2H3,(H,13,14). The number of carboxylic acid groups (broad SMARTS) is 1. The van der Waals surface area contributed by atoms with Gasteiger partial charge in [-0.1, -0.05) is 0 Å². The minimum atomic E-state index is -0.691. The van der Waals surface area contributed by atoms with Gasteiger partial charge >= 0.3 is 5.97 Å². The van der Waals surface area contributed by atoms with Crippen LogP contribution in [-0.4, -0.2) is 35.3 Å². The van der Waals surface area contributed by atoms with E-state index in [9.17, 15) is 4.79 Å². The van der Waals surface area contributed by atoms with Crippen molar-refractivity contribution in [2.75, 3.05) is 19.0 Å². The van der Waals surface area contributed by atoms with Crippen LogP contribution in [0.3, 0.4) is 0 Å². The van der Waals surface area contributed by atoms with Crippen molar-refractivity contribution in [1.29, 1.82) is 0 Å².